The fourth-order valence-corrected chi connectivity index (χ4v) is 3.28. The van der Waals surface area contributed by atoms with Crippen molar-refractivity contribution in [2.24, 2.45) is 0 Å². The Bertz CT molecular complexity index is 1050. The quantitative estimate of drug-likeness (QED) is 0.588. The third-order valence-electron chi connectivity index (χ3n) is 3.81. The predicted octanol–water partition coefficient (Wildman–Crippen LogP) is 2.79. The highest BCUT2D eigenvalue weighted by atomic mass is 32.1. The lowest BCUT2D eigenvalue weighted by Gasteiger charge is -2.03. The maximum atomic E-state index is 12.3. The van der Waals surface area contributed by atoms with E-state index in [0.29, 0.717) is 17.9 Å². The largest absolute Gasteiger partial charge is 0.497 e. The predicted molar refractivity (Wildman–Crippen MR) is 98.3 cm³/mol. The van der Waals surface area contributed by atoms with Crippen LogP contribution in [0.15, 0.2) is 54.2 Å². The number of carbonyl (C=O) groups excluding carboxylic acids is 1. The molecule has 0 fully saturated rings. The Kier molecular flexibility index (Phi) is 4.32. The summed E-state index contributed by atoms with van der Waals surface area (Å²) in [6.45, 7) is 0.342. The molecule has 4 aromatic rings. The average Bonchev–Trinajstić information content (AvgIpc) is 3.35. The normalized spacial score (nSPS) is 10.8. The summed E-state index contributed by atoms with van der Waals surface area (Å²) in [5.74, 6) is 0.555. The molecule has 0 bridgehead atoms. The van der Waals surface area contributed by atoms with E-state index in [0.717, 1.165) is 22.0 Å². The second kappa shape index (κ2) is 6.93. The van der Waals surface area contributed by atoms with Crippen LogP contribution in [0.25, 0.3) is 16.2 Å². The highest BCUT2D eigenvalue weighted by Gasteiger charge is 2.10. The molecule has 0 aliphatic carbocycles. The fourth-order valence-electron chi connectivity index (χ4n) is 2.45. The van der Waals surface area contributed by atoms with Gasteiger partial charge in [0.1, 0.15) is 16.5 Å². The molecule has 1 N–H and O–H groups in total. The van der Waals surface area contributed by atoms with Gasteiger partial charge in [-0.25, -0.2) is 14.5 Å². The topological polar surface area (TPSA) is 81.4 Å². The second-order valence-corrected chi connectivity index (χ2v) is 6.36. The molecule has 3 aromatic heterocycles. The molecule has 0 spiro atoms. The van der Waals surface area contributed by atoms with Crippen LogP contribution >= 0.6 is 11.3 Å². The molecule has 0 saturated carbocycles. The number of fused-ring (bicyclic) bond motifs is 1. The first kappa shape index (κ1) is 16.2. The van der Waals surface area contributed by atoms with Crippen molar-refractivity contribution in [2.45, 2.75) is 6.54 Å². The Morgan fingerprint density at radius 3 is 2.88 bits per heavy atom. The van der Waals surface area contributed by atoms with Gasteiger partial charge in [0, 0.05) is 23.3 Å². The van der Waals surface area contributed by atoms with Gasteiger partial charge in [-0.1, -0.05) is 0 Å². The molecule has 8 heteroatoms. The average molecular weight is 365 g/mol. The summed E-state index contributed by atoms with van der Waals surface area (Å²) in [6, 6.07) is 11.1. The van der Waals surface area contributed by atoms with Gasteiger partial charge in [0.05, 0.1) is 19.3 Å². The van der Waals surface area contributed by atoms with Crippen LogP contribution in [0.2, 0.25) is 0 Å². The molecule has 4 rings (SSSR count). The Balaban J connectivity index is 1.42. The van der Waals surface area contributed by atoms with Gasteiger partial charge in [0.15, 0.2) is 5.65 Å². The molecule has 3 heterocycles. The van der Waals surface area contributed by atoms with Crippen LogP contribution < -0.4 is 10.1 Å². The van der Waals surface area contributed by atoms with E-state index in [1.807, 2.05) is 29.6 Å². The van der Waals surface area contributed by atoms with Crippen LogP contribution in [-0.4, -0.2) is 32.6 Å². The minimum atomic E-state index is -0.250. The lowest BCUT2D eigenvalue weighted by Crippen LogP contribution is -2.24. The number of aromatic nitrogens is 4. The van der Waals surface area contributed by atoms with Gasteiger partial charge >= 0.3 is 0 Å². The van der Waals surface area contributed by atoms with Gasteiger partial charge in [-0.05, 0) is 36.4 Å². The molecule has 130 valence electrons. The highest BCUT2D eigenvalue weighted by Crippen LogP contribution is 2.25. The number of nitrogens with zero attached hydrogens (tertiary/aromatic N) is 4. The summed E-state index contributed by atoms with van der Waals surface area (Å²) in [5, 5.41) is 9.91. The summed E-state index contributed by atoms with van der Waals surface area (Å²) in [5.41, 5.74) is 2.85. The number of benzene rings is 1. The Labute approximate surface area is 153 Å². The molecule has 1 amide bonds. The Morgan fingerprint density at radius 2 is 2.08 bits per heavy atom. The SMILES string of the molecule is COc1ccc(-c2nc(CNC(=O)c3ccc4nccn4n3)cs2)cc1. The molecule has 0 aliphatic heterocycles. The van der Waals surface area contributed by atoms with Crippen molar-refractivity contribution in [1.29, 1.82) is 0 Å². The van der Waals surface area contributed by atoms with Gasteiger partial charge in [0.25, 0.3) is 5.91 Å². The molecule has 26 heavy (non-hydrogen) atoms. The van der Waals surface area contributed by atoms with Crippen molar-refractivity contribution in [3.63, 3.8) is 0 Å². The van der Waals surface area contributed by atoms with Crippen molar-refractivity contribution in [3.8, 4) is 16.3 Å². The molecule has 0 saturated heterocycles. The summed E-state index contributed by atoms with van der Waals surface area (Å²) in [7, 11) is 1.64. The maximum absolute atomic E-state index is 12.3. The maximum Gasteiger partial charge on any atom is 0.272 e. The number of carbonyl (C=O) groups is 1. The van der Waals surface area contributed by atoms with Crippen molar-refractivity contribution in [1.82, 2.24) is 24.9 Å². The van der Waals surface area contributed by atoms with Crippen molar-refractivity contribution < 1.29 is 9.53 Å². The minimum Gasteiger partial charge on any atom is -0.497 e. The number of amides is 1. The van der Waals surface area contributed by atoms with E-state index < -0.39 is 0 Å². The smallest absolute Gasteiger partial charge is 0.272 e. The van der Waals surface area contributed by atoms with Crippen molar-refractivity contribution in [3.05, 3.63) is 65.6 Å². The van der Waals surface area contributed by atoms with Crippen LogP contribution in [0.5, 0.6) is 5.75 Å². The van der Waals surface area contributed by atoms with Crippen molar-refractivity contribution in [2.75, 3.05) is 7.11 Å². The van der Waals surface area contributed by atoms with E-state index in [-0.39, 0.29) is 5.91 Å². The molecular weight excluding hydrogens is 350 g/mol. The summed E-state index contributed by atoms with van der Waals surface area (Å²) < 4.78 is 6.73. The third kappa shape index (κ3) is 3.27. The minimum absolute atomic E-state index is 0.250. The van der Waals surface area contributed by atoms with Gasteiger partial charge in [-0.2, -0.15) is 5.10 Å². The van der Waals surface area contributed by atoms with Crippen LogP contribution in [0.3, 0.4) is 0 Å². The van der Waals surface area contributed by atoms with Crippen LogP contribution in [0.1, 0.15) is 16.2 Å². The van der Waals surface area contributed by atoms with Crippen molar-refractivity contribution >= 4 is 22.9 Å². The first-order valence-corrected chi connectivity index (χ1v) is 8.78. The summed E-state index contributed by atoms with van der Waals surface area (Å²) in [6.07, 6.45) is 3.34. The Hall–Kier alpha value is -3.26. The number of ether oxygens (including phenoxy) is 1. The number of hydrogen-bond donors (Lipinski definition) is 1. The van der Waals surface area contributed by atoms with E-state index in [1.165, 1.54) is 11.3 Å². The first-order chi connectivity index (χ1) is 12.7. The van der Waals surface area contributed by atoms with E-state index in [2.05, 4.69) is 20.4 Å². The number of thiazole rings is 1. The molecule has 0 aliphatic rings. The molecule has 0 atom stereocenters. The van der Waals surface area contributed by atoms with Crippen LogP contribution in [0.4, 0.5) is 0 Å². The van der Waals surface area contributed by atoms with E-state index >= 15 is 0 Å². The van der Waals surface area contributed by atoms with E-state index in [9.17, 15) is 4.79 Å². The summed E-state index contributed by atoms with van der Waals surface area (Å²) >= 11 is 1.54. The molecule has 0 unspecified atom stereocenters. The van der Waals surface area contributed by atoms with Gasteiger partial charge < -0.3 is 10.1 Å². The summed E-state index contributed by atoms with van der Waals surface area (Å²) in [4.78, 5) is 21.0. The van der Waals surface area contributed by atoms with Crippen LogP contribution in [-0.2, 0) is 6.54 Å². The monoisotopic (exact) mass is 365 g/mol. The number of hydrogen-bond acceptors (Lipinski definition) is 6. The molecular formula is C18H15N5O2S. The fraction of sp³-hybridized carbons (Fsp3) is 0.111. The second-order valence-electron chi connectivity index (χ2n) is 5.50. The Morgan fingerprint density at radius 1 is 1.23 bits per heavy atom. The highest BCUT2D eigenvalue weighted by molar-refractivity contribution is 7.13. The standard InChI is InChI=1S/C18H15N5O2S/c1-25-14-4-2-12(3-5-14)18-21-13(11-26-18)10-20-17(24)15-6-7-16-19-8-9-23(16)22-15/h2-9,11H,10H2,1H3,(H,20,24). The number of nitrogens with one attached hydrogen (secondary N) is 1. The third-order valence-corrected chi connectivity index (χ3v) is 4.75. The van der Waals surface area contributed by atoms with E-state index in [1.54, 1.807) is 36.2 Å². The zero-order chi connectivity index (χ0) is 17.9. The molecule has 0 radical (unpaired) electrons. The van der Waals surface area contributed by atoms with Gasteiger partial charge in [-0.15, -0.1) is 11.3 Å². The number of rotatable bonds is 5. The lowest BCUT2D eigenvalue weighted by molar-refractivity contribution is 0.0944. The van der Waals surface area contributed by atoms with Gasteiger partial charge in [0.2, 0.25) is 0 Å². The number of methoxy groups -OCH3 is 1. The van der Waals surface area contributed by atoms with Crippen LogP contribution in [0, 0.1) is 0 Å². The lowest BCUT2D eigenvalue weighted by atomic mass is 10.2. The molecule has 1 aromatic carbocycles. The first-order valence-electron chi connectivity index (χ1n) is 7.90. The zero-order valence-electron chi connectivity index (χ0n) is 13.9. The zero-order valence-corrected chi connectivity index (χ0v) is 14.7. The van der Waals surface area contributed by atoms with Gasteiger partial charge in [-0.3, -0.25) is 4.79 Å². The number of imidazole rings is 1. The molecule has 7 nitrogen and oxygen atoms in total. The van der Waals surface area contributed by atoms with E-state index in [4.69, 9.17) is 4.74 Å².